The van der Waals surface area contributed by atoms with Gasteiger partial charge in [0.15, 0.2) is 0 Å². The van der Waals surface area contributed by atoms with E-state index in [4.69, 9.17) is 0 Å². The number of hydrogen-bond acceptors (Lipinski definition) is 3. The highest BCUT2D eigenvalue weighted by Gasteiger charge is 2.34. The monoisotopic (exact) mass is 335 g/mol. The zero-order chi connectivity index (χ0) is 17.8. The maximum Gasteiger partial charge on any atom is 0.333 e. The van der Waals surface area contributed by atoms with E-state index in [1.807, 2.05) is 30.3 Å². The van der Waals surface area contributed by atoms with Crippen LogP contribution in [0.15, 0.2) is 60.3 Å². The predicted molar refractivity (Wildman–Crippen MR) is 100 cm³/mol. The van der Waals surface area contributed by atoms with Crippen molar-refractivity contribution >= 4 is 29.4 Å². The van der Waals surface area contributed by atoms with Gasteiger partial charge in [0.2, 0.25) is 0 Å². The van der Waals surface area contributed by atoms with Gasteiger partial charge in [0.25, 0.3) is 5.91 Å². The van der Waals surface area contributed by atoms with Crippen LogP contribution in [-0.4, -0.2) is 25.0 Å². The van der Waals surface area contributed by atoms with E-state index in [0.29, 0.717) is 5.69 Å². The zero-order valence-electron chi connectivity index (χ0n) is 14.4. The topological polar surface area (TPSA) is 52.7 Å². The Kier molecular flexibility index (Phi) is 4.84. The van der Waals surface area contributed by atoms with Crippen molar-refractivity contribution in [3.8, 4) is 0 Å². The standard InChI is InChI=1S/C20H21N3O2/c1-3-22(4-2)16-12-10-15(11-13-16)14-18-19(24)23(20(25)21-18)17-8-6-5-7-9-17/h5-14H,3-4H2,1-2H3,(H,21,25)/b18-14+. The molecule has 5 nitrogen and oxygen atoms in total. The van der Waals surface area contributed by atoms with Crippen LogP contribution in [0.2, 0.25) is 0 Å². The van der Waals surface area contributed by atoms with E-state index in [1.165, 1.54) is 0 Å². The molecule has 0 saturated carbocycles. The van der Waals surface area contributed by atoms with Crippen LogP contribution in [0.4, 0.5) is 16.2 Å². The molecule has 3 amide bonds. The lowest BCUT2D eigenvalue weighted by atomic mass is 10.1. The molecule has 0 radical (unpaired) electrons. The molecule has 2 aromatic carbocycles. The summed E-state index contributed by atoms with van der Waals surface area (Å²) in [6, 6.07) is 16.4. The largest absolute Gasteiger partial charge is 0.372 e. The van der Waals surface area contributed by atoms with Crippen LogP contribution in [0.5, 0.6) is 0 Å². The normalized spacial score (nSPS) is 15.6. The minimum atomic E-state index is -0.429. The van der Waals surface area contributed by atoms with Gasteiger partial charge in [-0.1, -0.05) is 30.3 Å². The average Bonchev–Trinajstić information content (AvgIpc) is 2.91. The van der Waals surface area contributed by atoms with Crippen molar-refractivity contribution in [2.75, 3.05) is 22.9 Å². The van der Waals surface area contributed by atoms with Crippen LogP contribution in [0.25, 0.3) is 6.08 Å². The summed E-state index contributed by atoms with van der Waals surface area (Å²) >= 11 is 0. The summed E-state index contributed by atoms with van der Waals surface area (Å²) in [5, 5.41) is 2.65. The van der Waals surface area contributed by atoms with Crippen LogP contribution in [0, 0.1) is 0 Å². The minimum absolute atomic E-state index is 0.282. The fraction of sp³-hybridized carbons (Fsp3) is 0.200. The Morgan fingerprint density at radius 1 is 0.960 bits per heavy atom. The number of hydrogen-bond donors (Lipinski definition) is 1. The highest BCUT2D eigenvalue weighted by atomic mass is 16.2. The fourth-order valence-electron chi connectivity index (χ4n) is 2.88. The van der Waals surface area contributed by atoms with E-state index >= 15 is 0 Å². The number of nitrogens with one attached hydrogen (secondary N) is 1. The summed E-state index contributed by atoms with van der Waals surface area (Å²) in [5.74, 6) is -0.344. The summed E-state index contributed by atoms with van der Waals surface area (Å²) in [5.41, 5.74) is 2.85. The second-order valence-corrected chi connectivity index (χ2v) is 5.73. The van der Waals surface area contributed by atoms with E-state index in [-0.39, 0.29) is 11.6 Å². The molecule has 0 aromatic heterocycles. The van der Waals surface area contributed by atoms with E-state index in [0.717, 1.165) is 29.2 Å². The number of anilines is 2. The lowest BCUT2D eigenvalue weighted by Gasteiger charge is -2.20. The van der Waals surface area contributed by atoms with Crippen LogP contribution >= 0.6 is 0 Å². The highest BCUT2D eigenvalue weighted by Crippen LogP contribution is 2.22. The first-order valence-electron chi connectivity index (χ1n) is 8.41. The van der Waals surface area contributed by atoms with Crippen molar-refractivity contribution in [3.05, 3.63) is 65.9 Å². The third-order valence-corrected chi connectivity index (χ3v) is 4.23. The smallest absolute Gasteiger partial charge is 0.333 e. The molecule has 1 saturated heterocycles. The Morgan fingerprint density at radius 3 is 2.20 bits per heavy atom. The molecule has 0 aliphatic carbocycles. The summed E-state index contributed by atoms with van der Waals surface area (Å²) in [4.78, 5) is 28.1. The van der Waals surface area contributed by atoms with E-state index in [2.05, 4.69) is 24.1 Å². The molecule has 0 unspecified atom stereocenters. The molecule has 2 aromatic rings. The molecule has 1 aliphatic rings. The number of amides is 3. The molecule has 0 spiro atoms. The van der Waals surface area contributed by atoms with Crippen molar-refractivity contribution in [2.24, 2.45) is 0 Å². The van der Waals surface area contributed by atoms with Gasteiger partial charge in [0, 0.05) is 18.8 Å². The van der Waals surface area contributed by atoms with Crippen LogP contribution in [0.1, 0.15) is 19.4 Å². The number of carbonyl (C=O) groups excluding carboxylic acids is 2. The zero-order valence-corrected chi connectivity index (χ0v) is 14.4. The number of benzene rings is 2. The molecule has 0 bridgehead atoms. The molecule has 5 heteroatoms. The number of rotatable bonds is 5. The molecule has 3 rings (SSSR count). The molecule has 1 fully saturated rings. The van der Waals surface area contributed by atoms with Gasteiger partial charge in [-0.15, -0.1) is 0 Å². The van der Waals surface area contributed by atoms with E-state index < -0.39 is 6.03 Å². The van der Waals surface area contributed by atoms with E-state index in [1.54, 1.807) is 30.3 Å². The maximum atomic E-state index is 12.6. The van der Waals surface area contributed by atoms with Gasteiger partial charge in [0.1, 0.15) is 5.70 Å². The Morgan fingerprint density at radius 2 is 1.60 bits per heavy atom. The van der Waals surface area contributed by atoms with Crippen LogP contribution in [-0.2, 0) is 4.79 Å². The van der Waals surface area contributed by atoms with Crippen LogP contribution in [0.3, 0.4) is 0 Å². The molecule has 1 N–H and O–H groups in total. The molecule has 1 heterocycles. The Labute approximate surface area is 147 Å². The third-order valence-electron chi connectivity index (χ3n) is 4.23. The number of imide groups is 1. The maximum absolute atomic E-state index is 12.6. The van der Waals surface area contributed by atoms with Crippen LogP contribution < -0.4 is 15.1 Å². The van der Waals surface area contributed by atoms with Gasteiger partial charge < -0.3 is 10.2 Å². The minimum Gasteiger partial charge on any atom is -0.372 e. The van der Waals surface area contributed by atoms with Gasteiger partial charge in [-0.25, -0.2) is 9.69 Å². The quantitative estimate of drug-likeness (QED) is 0.670. The molecule has 1 aliphatic heterocycles. The summed E-state index contributed by atoms with van der Waals surface area (Å²) in [7, 11) is 0. The van der Waals surface area contributed by atoms with E-state index in [9.17, 15) is 9.59 Å². The molecule has 25 heavy (non-hydrogen) atoms. The highest BCUT2D eigenvalue weighted by molar-refractivity contribution is 6.28. The lowest BCUT2D eigenvalue weighted by molar-refractivity contribution is -0.113. The predicted octanol–water partition coefficient (Wildman–Crippen LogP) is 3.63. The first kappa shape index (κ1) is 16.8. The molecule has 128 valence electrons. The lowest BCUT2D eigenvalue weighted by Crippen LogP contribution is -2.30. The van der Waals surface area contributed by atoms with Gasteiger partial charge in [0.05, 0.1) is 5.69 Å². The Bertz CT molecular complexity index is 793. The van der Waals surface area contributed by atoms with Gasteiger partial charge in [-0.05, 0) is 49.8 Å². The number of nitrogens with zero attached hydrogens (tertiary/aromatic N) is 2. The molecular formula is C20H21N3O2. The Hall–Kier alpha value is -3.08. The van der Waals surface area contributed by atoms with Crippen molar-refractivity contribution in [1.82, 2.24) is 5.32 Å². The first-order chi connectivity index (χ1) is 12.1. The first-order valence-corrected chi connectivity index (χ1v) is 8.41. The van der Waals surface area contributed by atoms with Crippen molar-refractivity contribution in [2.45, 2.75) is 13.8 Å². The third kappa shape index (κ3) is 3.40. The van der Waals surface area contributed by atoms with Crippen molar-refractivity contribution in [3.63, 3.8) is 0 Å². The fourth-order valence-corrected chi connectivity index (χ4v) is 2.88. The summed E-state index contributed by atoms with van der Waals surface area (Å²) in [6.45, 7) is 6.11. The van der Waals surface area contributed by atoms with Gasteiger partial charge in [-0.3, -0.25) is 4.79 Å². The second kappa shape index (κ2) is 7.21. The number of para-hydroxylation sites is 1. The van der Waals surface area contributed by atoms with Gasteiger partial charge in [-0.2, -0.15) is 0 Å². The molecular weight excluding hydrogens is 314 g/mol. The second-order valence-electron chi connectivity index (χ2n) is 5.73. The average molecular weight is 335 g/mol. The summed E-state index contributed by atoms with van der Waals surface area (Å²) < 4.78 is 0. The summed E-state index contributed by atoms with van der Waals surface area (Å²) in [6.07, 6.45) is 1.70. The van der Waals surface area contributed by atoms with Crippen molar-refractivity contribution < 1.29 is 9.59 Å². The number of carbonyl (C=O) groups is 2. The number of urea groups is 1. The molecule has 0 atom stereocenters. The SMILES string of the molecule is CCN(CC)c1ccc(/C=C2/NC(=O)N(c3ccccc3)C2=O)cc1. The van der Waals surface area contributed by atoms with Crippen molar-refractivity contribution in [1.29, 1.82) is 0 Å². The Balaban J connectivity index is 1.82. The van der Waals surface area contributed by atoms with Gasteiger partial charge >= 0.3 is 6.03 Å².